The Morgan fingerprint density at radius 2 is 1.96 bits per heavy atom. The third-order valence-electron chi connectivity index (χ3n) is 4.40. The first-order valence-corrected chi connectivity index (χ1v) is 11.2. The van der Waals surface area contributed by atoms with Crippen molar-refractivity contribution >= 4 is 44.3 Å². The van der Waals surface area contributed by atoms with Crippen LogP contribution in [0.4, 0.5) is 0 Å². The Morgan fingerprint density at radius 3 is 2.48 bits per heavy atom. The number of nitrogens with one attached hydrogen (secondary N) is 1. The highest BCUT2D eigenvalue weighted by atomic mass is 79.9. The third-order valence-corrected chi connectivity index (χ3v) is 7.73. The van der Waals surface area contributed by atoms with Crippen LogP contribution in [0.1, 0.15) is 31.7 Å². The zero-order valence-corrected chi connectivity index (χ0v) is 17.5. The molecule has 0 radical (unpaired) electrons. The summed E-state index contributed by atoms with van der Waals surface area (Å²) < 4.78 is 11.9. The number of halogens is 1. The number of hydrogen-bond acceptors (Lipinski definition) is 4. The summed E-state index contributed by atoms with van der Waals surface area (Å²) in [7, 11) is 0. The number of carbonyl (C=O) groups is 1. The first kappa shape index (κ1) is 20.5. The van der Waals surface area contributed by atoms with Crippen LogP contribution in [0.2, 0.25) is 0 Å². The van der Waals surface area contributed by atoms with Crippen LogP contribution in [0, 0.1) is 0 Å². The summed E-state index contributed by atoms with van der Waals surface area (Å²) >= 11 is 3.84. The largest absolute Gasteiger partial charge is 0.616 e. The molecule has 2 rings (SSSR count). The molecule has 0 saturated carbocycles. The fraction of sp³-hybridized carbons (Fsp3) is 0.389. The average Bonchev–Trinajstić information content (AvgIpc) is 3.04. The molecule has 0 saturated heterocycles. The van der Waals surface area contributed by atoms with Crippen molar-refractivity contribution in [2.75, 3.05) is 6.26 Å². The summed E-state index contributed by atoms with van der Waals surface area (Å²) in [4.78, 5) is 13.0. The summed E-state index contributed by atoms with van der Waals surface area (Å²) in [6.07, 6.45) is 4.54. The van der Waals surface area contributed by atoms with Crippen LogP contribution < -0.4 is 5.48 Å². The highest BCUT2D eigenvalue weighted by Crippen LogP contribution is 2.31. The van der Waals surface area contributed by atoms with E-state index in [1.807, 2.05) is 6.07 Å². The van der Waals surface area contributed by atoms with Gasteiger partial charge in [-0.05, 0) is 76.6 Å². The quantitative estimate of drug-likeness (QED) is 0.272. The summed E-state index contributed by atoms with van der Waals surface area (Å²) in [6, 6.07) is 12.6. The van der Waals surface area contributed by atoms with Crippen molar-refractivity contribution in [3.63, 3.8) is 0 Å². The second-order valence-corrected chi connectivity index (χ2v) is 10.4. The molecule has 0 aliphatic heterocycles. The molecule has 2 aromatic rings. The molecular weight excluding hydrogens is 422 g/mol. The maximum atomic E-state index is 11.8. The van der Waals surface area contributed by atoms with Crippen LogP contribution in [0.5, 0.6) is 0 Å². The number of carbonyl (C=O) groups excluding carboxylic acids is 1. The number of thiophene rings is 1. The smallest absolute Gasteiger partial charge is 0.299 e. The second-order valence-electron chi connectivity index (χ2n) is 6.13. The third kappa shape index (κ3) is 5.31. The Hall–Kier alpha value is -0.860. The molecule has 0 aliphatic carbocycles. The Kier molecular flexibility index (Phi) is 7.51. The minimum atomic E-state index is -1.34. The van der Waals surface area contributed by atoms with E-state index < -0.39 is 21.8 Å². The maximum absolute atomic E-state index is 11.8. The molecule has 7 heteroatoms. The zero-order chi connectivity index (χ0) is 18.4. The van der Waals surface area contributed by atoms with Crippen molar-refractivity contribution in [2.24, 2.45) is 0 Å². The van der Waals surface area contributed by atoms with Gasteiger partial charge in [-0.1, -0.05) is 24.3 Å². The molecular formula is C18H22BrNO3S2. The normalized spacial score (nSPS) is 14.8. The minimum absolute atomic E-state index is 0.476. The average molecular weight is 444 g/mol. The summed E-state index contributed by atoms with van der Waals surface area (Å²) in [6.45, 7) is 1.63. The van der Waals surface area contributed by atoms with Gasteiger partial charge in [0.05, 0.1) is 10.0 Å². The van der Waals surface area contributed by atoms with E-state index in [1.165, 1.54) is 22.3 Å². The molecule has 1 aromatic heterocycles. The van der Waals surface area contributed by atoms with Crippen LogP contribution in [0.15, 0.2) is 40.2 Å². The van der Waals surface area contributed by atoms with Gasteiger partial charge in [-0.2, -0.15) is 0 Å². The molecule has 1 heterocycles. The van der Waals surface area contributed by atoms with Crippen molar-refractivity contribution in [3.8, 4) is 10.4 Å². The van der Waals surface area contributed by atoms with Crippen LogP contribution in [-0.2, 0) is 22.4 Å². The van der Waals surface area contributed by atoms with Gasteiger partial charge in [0.2, 0.25) is 4.75 Å². The molecule has 1 aromatic carbocycles. The SMILES string of the molecule is C[S+]([O-])C(C)(CCCCc1ccc(-c2ccc(Br)s2)cc1)C(=O)NO. The van der Waals surface area contributed by atoms with Gasteiger partial charge in [0.15, 0.2) is 0 Å². The Bertz CT molecular complexity index is 703. The summed E-state index contributed by atoms with van der Waals surface area (Å²) in [5.41, 5.74) is 4.08. The Labute approximate surface area is 163 Å². The number of rotatable bonds is 8. The van der Waals surface area contributed by atoms with E-state index in [4.69, 9.17) is 5.21 Å². The van der Waals surface area contributed by atoms with Crippen molar-refractivity contribution in [1.82, 2.24) is 5.48 Å². The summed E-state index contributed by atoms with van der Waals surface area (Å²) in [5.74, 6) is -0.584. The molecule has 0 fully saturated rings. The van der Waals surface area contributed by atoms with E-state index in [1.54, 1.807) is 23.7 Å². The Morgan fingerprint density at radius 1 is 1.28 bits per heavy atom. The van der Waals surface area contributed by atoms with Gasteiger partial charge in [0, 0.05) is 11.3 Å². The second kappa shape index (κ2) is 9.19. The van der Waals surface area contributed by atoms with Gasteiger partial charge < -0.3 is 4.55 Å². The highest BCUT2D eigenvalue weighted by Gasteiger charge is 2.42. The van der Waals surface area contributed by atoms with Crippen molar-refractivity contribution in [2.45, 2.75) is 37.4 Å². The molecule has 0 spiro atoms. The van der Waals surface area contributed by atoms with Crippen molar-refractivity contribution < 1.29 is 14.6 Å². The lowest BCUT2D eigenvalue weighted by Gasteiger charge is -2.27. The van der Waals surface area contributed by atoms with Gasteiger partial charge in [0.1, 0.15) is 0 Å². The molecule has 0 bridgehead atoms. The number of hydroxylamine groups is 1. The van der Waals surface area contributed by atoms with E-state index in [0.717, 1.165) is 23.0 Å². The standard InChI is InChI=1S/C18H22BrNO3S2/c1-18(25(2)23,17(21)20-22)12-4-3-5-13-6-8-14(9-7-13)15-10-11-16(19)24-15/h6-11,22H,3-5,12H2,1-2H3,(H,20,21). The number of benzene rings is 1. The molecule has 1 amide bonds. The van der Waals surface area contributed by atoms with Crippen molar-refractivity contribution in [1.29, 1.82) is 0 Å². The molecule has 136 valence electrons. The fourth-order valence-corrected chi connectivity index (χ4v) is 4.73. The van der Waals surface area contributed by atoms with Crippen LogP contribution in [-0.4, -0.2) is 26.7 Å². The van der Waals surface area contributed by atoms with E-state index in [0.29, 0.717) is 6.42 Å². The van der Waals surface area contributed by atoms with Crippen LogP contribution >= 0.6 is 27.3 Å². The number of unbranched alkanes of at least 4 members (excludes halogenated alkanes) is 1. The number of amides is 1. The summed E-state index contributed by atoms with van der Waals surface area (Å²) in [5, 5.41) is 8.84. The molecule has 25 heavy (non-hydrogen) atoms. The maximum Gasteiger partial charge on any atom is 0.299 e. The van der Waals surface area contributed by atoms with Gasteiger partial charge in [-0.3, -0.25) is 10.0 Å². The number of aryl methyl sites for hydroxylation is 1. The molecule has 4 nitrogen and oxygen atoms in total. The molecule has 0 aliphatic rings. The minimum Gasteiger partial charge on any atom is -0.616 e. The predicted molar refractivity (Wildman–Crippen MR) is 107 cm³/mol. The first-order valence-electron chi connectivity index (χ1n) is 7.99. The topological polar surface area (TPSA) is 72.4 Å². The molecule has 2 N–H and O–H groups in total. The molecule has 2 atom stereocenters. The highest BCUT2D eigenvalue weighted by molar-refractivity contribution is 9.11. The lowest BCUT2D eigenvalue weighted by molar-refractivity contribution is -0.131. The first-order chi connectivity index (χ1) is 11.9. The monoisotopic (exact) mass is 443 g/mol. The lowest BCUT2D eigenvalue weighted by atomic mass is 9.99. The van der Waals surface area contributed by atoms with Crippen molar-refractivity contribution in [3.05, 3.63) is 45.7 Å². The van der Waals surface area contributed by atoms with E-state index in [2.05, 4.69) is 46.3 Å². The zero-order valence-electron chi connectivity index (χ0n) is 14.3. The molecule has 2 unspecified atom stereocenters. The number of hydrogen-bond donors (Lipinski definition) is 2. The van der Waals surface area contributed by atoms with E-state index in [9.17, 15) is 9.35 Å². The van der Waals surface area contributed by atoms with Gasteiger partial charge >= 0.3 is 0 Å². The van der Waals surface area contributed by atoms with E-state index in [-0.39, 0.29) is 0 Å². The van der Waals surface area contributed by atoms with Gasteiger partial charge in [-0.15, -0.1) is 11.3 Å². The predicted octanol–water partition coefficient (Wildman–Crippen LogP) is 4.53. The van der Waals surface area contributed by atoms with Crippen LogP contribution in [0.25, 0.3) is 10.4 Å². The van der Waals surface area contributed by atoms with Crippen LogP contribution in [0.3, 0.4) is 0 Å². The Balaban J connectivity index is 1.86. The van der Waals surface area contributed by atoms with E-state index >= 15 is 0 Å². The van der Waals surface area contributed by atoms with Gasteiger partial charge in [0.25, 0.3) is 5.91 Å². The fourth-order valence-electron chi connectivity index (χ4n) is 2.60. The van der Waals surface area contributed by atoms with Gasteiger partial charge in [-0.25, -0.2) is 5.48 Å². The lowest BCUT2D eigenvalue weighted by Crippen LogP contribution is -2.49.